The van der Waals surface area contributed by atoms with Gasteiger partial charge in [0.1, 0.15) is 17.3 Å². The SMILES string of the molecule is CN(C)C1CCN(c2[nH]nc(-c3ccc(F)cc3)c2-c2ccncc2)C1. The first-order chi connectivity index (χ1) is 12.6. The van der Waals surface area contributed by atoms with Gasteiger partial charge in [-0.3, -0.25) is 10.1 Å². The van der Waals surface area contributed by atoms with Crippen LogP contribution < -0.4 is 4.90 Å². The normalized spacial score (nSPS) is 17.2. The molecule has 134 valence electrons. The van der Waals surface area contributed by atoms with Gasteiger partial charge < -0.3 is 9.80 Å². The van der Waals surface area contributed by atoms with Gasteiger partial charge in [0.25, 0.3) is 0 Å². The molecule has 1 saturated heterocycles. The van der Waals surface area contributed by atoms with Crippen molar-refractivity contribution in [3.63, 3.8) is 0 Å². The average Bonchev–Trinajstić information content (AvgIpc) is 3.30. The first kappa shape index (κ1) is 16.7. The van der Waals surface area contributed by atoms with E-state index in [4.69, 9.17) is 0 Å². The molecule has 26 heavy (non-hydrogen) atoms. The Kier molecular flexibility index (Phi) is 4.42. The van der Waals surface area contributed by atoms with Crippen molar-refractivity contribution in [2.45, 2.75) is 12.5 Å². The van der Waals surface area contributed by atoms with Gasteiger partial charge in [-0.15, -0.1) is 0 Å². The Labute approximate surface area is 152 Å². The lowest BCUT2D eigenvalue weighted by Crippen LogP contribution is -2.31. The fourth-order valence-corrected chi connectivity index (χ4v) is 3.54. The molecule has 1 aliphatic heterocycles. The molecule has 1 aromatic carbocycles. The molecular weight excluding hydrogens is 329 g/mol. The van der Waals surface area contributed by atoms with Gasteiger partial charge in [-0.1, -0.05) is 0 Å². The number of hydrogen-bond donors (Lipinski definition) is 1. The van der Waals surface area contributed by atoms with Gasteiger partial charge in [-0.05, 0) is 62.5 Å². The number of aromatic nitrogens is 3. The summed E-state index contributed by atoms with van der Waals surface area (Å²) in [6.45, 7) is 1.93. The highest BCUT2D eigenvalue weighted by Crippen LogP contribution is 2.38. The van der Waals surface area contributed by atoms with Crippen LogP contribution in [0, 0.1) is 5.82 Å². The molecule has 1 unspecified atom stereocenters. The van der Waals surface area contributed by atoms with Crippen molar-refractivity contribution in [3.8, 4) is 22.4 Å². The maximum absolute atomic E-state index is 13.3. The summed E-state index contributed by atoms with van der Waals surface area (Å²) in [4.78, 5) is 8.75. The highest BCUT2D eigenvalue weighted by molar-refractivity contribution is 5.89. The predicted molar refractivity (Wildman–Crippen MR) is 102 cm³/mol. The second-order valence-electron chi connectivity index (χ2n) is 6.89. The van der Waals surface area contributed by atoms with E-state index >= 15 is 0 Å². The number of aromatic amines is 1. The van der Waals surface area contributed by atoms with Crippen LogP contribution in [0.3, 0.4) is 0 Å². The Balaban J connectivity index is 1.79. The number of benzene rings is 1. The standard InChI is InChI=1S/C20H22FN5/c1-25(2)17-9-12-26(13-17)20-18(14-7-10-22-11-8-14)19(23-24-20)15-3-5-16(21)6-4-15/h3-8,10-11,17H,9,12-13H2,1-2H3,(H,23,24). The van der Waals surface area contributed by atoms with Crippen LogP contribution in [0.15, 0.2) is 48.8 Å². The minimum absolute atomic E-state index is 0.247. The Bertz CT molecular complexity index is 873. The highest BCUT2D eigenvalue weighted by Gasteiger charge is 2.28. The Hall–Kier alpha value is -2.73. The third-order valence-electron chi connectivity index (χ3n) is 5.04. The molecule has 1 N–H and O–H groups in total. The molecule has 2 aromatic heterocycles. The molecule has 0 spiro atoms. The van der Waals surface area contributed by atoms with E-state index < -0.39 is 0 Å². The third-order valence-corrected chi connectivity index (χ3v) is 5.04. The number of nitrogens with zero attached hydrogens (tertiary/aromatic N) is 4. The van der Waals surface area contributed by atoms with Gasteiger partial charge in [0.05, 0.1) is 5.56 Å². The van der Waals surface area contributed by atoms with Crippen molar-refractivity contribution in [3.05, 3.63) is 54.6 Å². The molecular formula is C20H22FN5. The molecule has 0 amide bonds. The minimum Gasteiger partial charge on any atom is -0.355 e. The van der Waals surface area contributed by atoms with E-state index in [0.29, 0.717) is 6.04 Å². The maximum Gasteiger partial charge on any atom is 0.132 e. The van der Waals surface area contributed by atoms with Crippen molar-refractivity contribution < 1.29 is 4.39 Å². The Morgan fingerprint density at radius 2 is 1.81 bits per heavy atom. The van der Waals surface area contributed by atoms with Crippen LogP contribution in [0.2, 0.25) is 0 Å². The topological polar surface area (TPSA) is 48.0 Å². The largest absolute Gasteiger partial charge is 0.355 e. The average molecular weight is 351 g/mol. The number of H-pyrrole nitrogens is 1. The van der Waals surface area contributed by atoms with Crippen molar-refractivity contribution in [2.24, 2.45) is 0 Å². The summed E-state index contributed by atoms with van der Waals surface area (Å²) in [7, 11) is 4.24. The van der Waals surface area contributed by atoms with Gasteiger partial charge in [-0.2, -0.15) is 5.10 Å². The molecule has 1 atom stereocenters. The van der Waals surface area contributed by atoms with Crippen molar-refractivity contribution in [1.82, 2.24) is 20.1 Å². The maximum atomic E-state index is 13.3. The van der Waals surface area contributed by atoms with E-state index in [1.165, 1.54) is 12.1 Å². The summed E-state index contributed by atoms with van der Waals surface area (Å²) < 4.78 is 13.3. The minimum atomic E-state index is -0.247. The van der Waals surface area contributed by atoms with Crippen LogP contribution >= 0.6 is 0 Å². The van der Waals surface area contributed by atoms with Gasteiger partial charge in [0, 0.05) is 37.1 Å². The van der Waals surface area contributed by atoms with E-state index in [9.17, 15) is 4.39 Å². The number of halogens is 1. The second-order valence-corrected chi connectivity index (χ2v) is 6.89. The lowest BCUT2D eigenvalue weighted by atomic mass is 10.0. The molecule has 1 aliphatic rings. The van der Waals surface area contributed by atoms with Crippen LogP contribution in [0.4, 0.5) is 10.2 Å². The molecule has 0 aliphatic carbocycles. The van der Waals surface area contributed by atoms with Gasteiger partial charge >= 0.3 is 0 Å². The van der Waals surface area contributed by atoms with Crippen LogP contribution in [-0.2, 0) is 0 Å². The monoisotopic (exact) mass is 351 g/mol. The van der Waals surface area contributed by atoms with Gasteiger partial charge in [-0.25, -0.2) is 4.39 Å². The van der Waals surface area contributed by atoms with Crippen LogP contribution in [0.1, 0.15) is 6.42 Å². The fraction of sp³-hybridized carbons (Fsp3) is 0.300. The first-order valence-electron chi connectivity index (χ1n) is 8.79. The van der Waals surface area contributed by atoms with Crippen molar-refractivity contribution >= 4 is 5.82 Å². The number of anilines is 1. The molecule has 0 bridgehead atoms. The molecule has 4 rings (SSSR count). The number of hydrogen-bond acceptors (Lipinski definition) is 4. The van der Waals surface area contributed by atoms with Crippen molar-refractivity contribution in [2.75, 3.05) is 32.1 Å². The molecule has 3 heterocycles. The lowest BCUT2D eigenvalue weighted by Gasteiger charge is -2.21. The molecule has 6 heteroatoms. The summed E-state index contributed by atoms with van der Waals surface area (Å²) >= 11 is 0. The summed E-state index contributed by atoms with van der Waals surface area (Å²) in [5, 5.41) is 7.81. The number of likely N-dealkylation sites (N-methyl/N-ethyl adjacent to an activating group) is 1. The van der Waals surface area contributed by atoms with E-state index in [1.807, 2.05) is 12.1 Å². The molecule has 0 saturated carbocycles. The Morgan fingerprint density at radius 3 is 2.46 bits per heavy atom. The summed E-state index contributed by atoms with van der Waals surface area (Å²) in [6.07, 6.45) is 4.69. The first-order valence-corrected chi connectivity index (χ1v) is 8.79. The van der Waals surface area contributed by atoms with Gasteiger partial charge in [0.2, 0.25) is 0 Å². The molecule has 3 aromatic rings. The quantitative estimate of drug-likeness (QED) is 0.782. The van der Waals surface area contributed by atoms with Crippen LogP contribution in [0.5, 0.6) is 0 Å². The zero-order chi connectivity index (χ0) is 18.1. The van der Waals surface area contributed by atoms with E-state index in [2.05, 4.69) is 39.1 Å². The Morgan fingerprint density at radius 1 is 1.08 bits per heavy atom. The van der Waals surface area contributed by atoms with E-state index in [-0.39, 0.29) is 5.82 Å². The van der Waals surface area contributed by atoms with E-state index in [0.717, 1.165) is 47.7 Å². The summed E-state index contributed by atoms with van der Waals surface area (Å²) in [5.41, 5.74) is 3.82. The zero-order valence-electron chi connectivity index (χ0n) is 15.0. The zero-order valence-corrected chi connectivity index (χ0v) is 15.0. The molecule has 5 nitrogen and oxygen atoms in total. The van der Waals surface area contributed by atoms with E-state index in [1.54, 1.807) is 24.5 Å². The number of pyridine rings is 1. The number of rotatable bonds is 4. The van der Waals surface area contributed by atoms with Crippen LogP contribution in [0.25, 0.3) is 22.4 Å². The van der Waals surface area contributed by atoms with Crippen LogP contribution in [-0.4, -0.2) is 53.3 Å². The summed E-state index contributed by atoms with van der Waals surface area (Å²) in [5.74, 6) is 0.767. The summed E-state index contributed by atoms with van der Waals surface area (Å²) in [6, 6.07) is 11.0. The highest BCUT2D eigenvalue weighted by atomic mass is 19.1. The molecule has 1 fully saturated rings. The van der Waals surface area contributed by atoms with Crippen molar-refractivity contribution in [1.29, 1.82) is 0 Å². The fourth-order valence-electron chi connectivity index (χ4n) is 3.54. The smallest absolute Gasteiger partial charge is 0.132 e. The second kappa shape index (κ2) is 6.88. The third kappa shape index (κ3) is 3.08. The van der Waals surface area contributed by atoms with Gasteiger partial charge in [0.15, 0.2) is 0 Å². The lowest BCUT2D eigenvalue weighted by molar-refractivity contribution is 0.315. The predicted octanol–water partition coefficient (Wildman–Crippen LogP) is 3.42. The number of nitrogens with one attached hydrogen (secondary N) is 1. The molecule has 0 radical (unpaired) electrons.